The highest BCUT2D eigenvalue weighted by Crippen LogP contribution is 2.29. The number of aromatic nitrogens is 2. The fourth-order valence-corrected chi connectivity index (χ4v) is 3.54. The molecule has 2 aliphatic rings. The molecule has 5 nitrogen and oxygen atoms in total. The molecule has 0 bridgehead atoms. The van der Waals surface area contributed by atoms with Crippen molar-refractivity contribution in [1.29, 1.82) is 0 Å². The predicted molar refractivity (Wildman–Crippen MR) is 77.3 cm³/mol. The molecule has 6 heteroatoms. The lowest BCUT2D eigenvalue weighted by atomic mass is 9.95. The Hall–Kier alpha value is -0.750. The molecule has 19 heavy (non-hydrogen) atoms. The largest absolute Gasteiger partial charge is 0.407 e. The number of rotatable bonds is 6. The molecular weight excluding hydrogens is 260 g/mol. The minimum absolute atomic E-state index is 0.466. The first-order valence-corrected chi connectivity index (χ1v) is 8.49. The summed E-state index contributed by atoms with van der Waals surface area (Å²) in [6.07, 6.45) is 9.84. The van der Waals surface area contributed by atoms with Crippen LogP contribution in [0.3, 0.4) is 0 Å². The van der Waals surface area contributed by atoms with Gasteiger partial charge in [-0.05, 0) is 31.9 Å². The van der Waals surface area contributed by atoms with Crippen LogP contribution in [0.4, 0.5) is 6.01 Å². The van der Waals surface area contributed by atoms with E-state index in [1.54, 1.807) is 0 Å². The second-order valence-corrected chi connectivity index (χ2v) is 6.54. The number of hydrogen-bond donors (Lipinski definition) is 2. The van der Waals surface area contributed by atoms with Crippen LogP contribution in [-0.2, 0) is 6.54 Å². The fraction of sp³-hybridized carbons (Fsp3) is 0.846. The highest BCUT2D eigenvalue weighted by atomic mass is 32.2. The van der Waals surface area contributed by atoms with Crippen LogP contribution in [0, 0.1) is 0 Å². The molecule has 2 fully saturated rings. The third kappa shape index (κ3) is 3.63. The number of anilines is 1. The maximum absolute atomic E-state index is 5.65. The molecule has 2 unspecified atom stereocenters. The Labute approximate surface area is 118 Å². The second-order valence-electron chi connectivity index (χ2n) is 5.47. The summed E-state index contributed by atoms with van der Waals surface area (Å²) in [7, 11) is 0. The summed E-state index contributed by atoms with van der Waals surface area (Å²) >= 11 is 1.94. The lowest BCUT2D eigenvalue weighted by molar-refractivity contribution is 0.442. The monoisotopic (exact) mass is 282 g/mol. The third-order valence-corrected chi connectivity index (χ3v) is 5.07. The molecule has 1 aromatic heterocycles. The van der Waals surface area contributed by atoms with Crippen molar-refractivity contribution in [3.05, 3.63) is 5.89 Å². The summed E-state index contributed by atoms with van der Waals surface area (Å²) in [5.41, 5.74) is 0. The smallest absolute Gasteiger partial charge is 0.315 e. The van der Waals surface area contributed by atoms with Gasteiger partial charge < -0.3 is 15.1 Å². The van der Waals surface area contributed by atoms with Gasteiger partial charge in [0.05, 0.1) is 6.54 Å². The number of nitrogens with zero attached hydrogens (tertiary/aromatic N) is 2. The van der Waals surface area contributed by atoms with Gasteiger partial charge in [0.25, 0.3) is 0 Å². The second kappa shape index (κ2) is 6.13. The first kappa shape index (κ1) is 13.2. The van der Waals surface area contributed by atoms with E-state index in [4.69, 9.17) is 4.42 Å². The van der Waals surface area contributed by atoms with E-state index in [1.165, 1.54) is 38.5 Å². The molecule has 1 heterocycles. The number of hydrogen-bond acceptors (Lipinski definition) is 6. The van der Waals surface area contributed by atoms with Crippen LogP contribution in [0.1, 0.15) is 44.4 Å². The molecule has 0 radical (unpaired) electrons. The summed E-state index contributed by atoms with van der Waals surface area (Å²) in [5.74, 6) is 0.686. The van der Waals surface area contributed by atoms with Gasteiger partial charge in [-0.3, -0.25) is 0 Å². The Bertz CT molecular complexity index is 407. The van der Waals surface area contributed by atoms with Gasteiger partial charge in [-0.15, -0.1) is 5.10 Å². The van der Waals surface area contributed by atoms with Crippen molar-refractivity contribution in [3.8, 4) is 0 Å². The molecule has 0 spiro atoms. The van der Waals surface area contributed by atoms with Gasteiger partial charge in [-0.1, -0.05) is 17.9 Å². The van der Waals surface area contributed by atoms with Crippen LogP contribution in [0.15, 0.2) is 4.42 Å². The average Bonchev–Trinajstić information content (AvgIpc) is 3.17. The first-order chi connectivity index (χ1) is 9.35. The molecule has 2 atom stereocenters. The summed E-state index contributed by atoms with van der Waals surface area (Å²) in [4.78, 5) is 0. The highest BCUT2D eigenvalue weighted by Gasteiger charge is 2.26. The van der Waals surface area contributed by atoms with Crippen LogP contribution < -0.4 is 10.6 Å². The average molecular weight is 282 g/mol. The van der Waals surface area contributed by atoms with E-state index in [1.807, 2.05) is 11.8 Å². The van der Waals surface area contributed by atoms with E-state index in [0.29, 0.717) is 35.8 Å². The number of thioether (sulfide) groups is 1. The van der Waals surface area contributed by atoms with Crippen LogP contribution >= 0.6 is 11.8 Å². The van der Waals surface area contributed by atoms with E-state index < -0.39 is 0 Å². The Morgan fingerprint density at radius 1 is 1.21 bits per heavy atom. The standard InChI is InChI=1S/C13H22N4OS/c1-19-11-5-3-2-4-10(11)15-13-17-16-12(18-13)8-14-9-6-7-9/h9-11,14H,2-8H2,1H3,(H,15,17). The molecule has 0 aliphatic heterocycles. The Kier molecular flexibility index (Phi) is 4.28. The minimum atomic E-state index is 0.466. The summed E-state index contributed by atoms with van der Waals surface area (Å²) in [6, 6.07) is 1.72. The minimum Gasteiger partial charge on any atom is -0.407 e. The van der Waals surface area contributed by atoms with Crippen molar-refractivity contribution in [2.45, 2.75) is 62.4 Å². The number of nitrogens with one attached hydrogen (secondary N) is 2. The van der Waals surface area contributed by atoms with Crippen molar-refractivity contribution in [2.75, 3.05) is 11.6 Å². The maximum atomic E-state index is 5.65. The zero-order valence-corrected chi connectivity index (χ0v) is 12.2. The molecule has 2 aliphatic carbocycles. The van der Waals surface area contributed by atoms with Crippen LogP contribution in [0.5, 0.6) is 0 Å². The summed E-state index contributed by atoms with van der Waals surface area (Å²) < 4.78 is 5.65. The van der Waals surface area contributed by atoms with Gasteiger partial charge in [0.2, 0.25) is 5.89 Å². The van der Waals surface area contributed by atoms with Crippen molar-refractivity contribution in [1.82, 2.24) is 15.5 Å². The molecule has 3 rings (SSSR count). The summed E-state index contributed by atoms with van der Waals surface area (Å²) in [5, 5.41) is 15.6. The van der Waals surface area contributed by atoms with E-state index >= 15 is 0 Å². The van der Waals surface area contributed by atoms with Gasteiger partial charge in [0.1, 0.15) is 0 Å². The van der Waals surface area contributed by atoms with Gasteiger partial charge >= 0.3 is 6.01 Å². The van der Waals surface area contributed by atoms with Crippen LogP contribution in [0.25, 0.3) is 0 Å². The van der Waals surface area contributed by atoms with E-state index in [0.717, 1.165) is 0 Å². The SMILES string of the molecule is CSC1CCCCC1Nc1nnc(CNC2CC2)o1. The first-order valence-electron chi connectivity index (χ1n) is 7.20. The van der Waals surface area contributed by atoms with Crippen molar-refractivity contribution < 1.29 is 4.42 Å². The van der Waals surface area contributed by atoms with E-state index in [-0.39, 0.29) is 0 Å². The van der Waals surface area contributed by atoms with Crippen molar-refractivity contribution >= 4 is 17.8 Å². The van der Waals surface area contributed by atoms with Crippen molar-refractivity contribution in [3.63, 3.8) is 0 Å². The fourth-order valence-electron chi connectivity index (χ4n) is 2.61. The molecule has 2 N–H and O–H groups in total. The van der Waals surface area contributed by atoms with E-state index in [9.17, 15) is 0 Å². The van der Waals surface area contributed by atoms with E-state index in [2.05, 4.69) is 27.1 Å². The third-order valence-electron chi connectivity index (χ3n) is 3.90. The molecular formula is C13H22N4OS. The van der Waals surface area contributed by atoms with Crippen LogP contribution in [-0.4, -0.2) is 33.8 Å². The molecule has 1 aromatic rings. The van der Waals surface area contributed by atoms with Gasteiger partial charge in [-0.25, -0.2) is 0 Å². The van der Waals surface area contributed by atoms with Gasteiger partial charge in [-0.2, -0.15) is 11.8 Å². The molecule has 0 amide bonds. The zero-order chi connectivity index (χ0) is 13.1. The lowest BCUT2D eigenvalue weighted by Crippen LogP contribution is -2.34. The van der Waals surface area contributed by atoms with Gasteiger partial charge in [0, 0.05) is 17.3 Å². The highest BCUT2D eigenvalue weighted by molar-refractivity contribution is 7.99. The topological polar surface area (TPSA) is 63.0 Å². The molecule has 0 aromatic carbocycles. The Balaban J connectivity index is 1.52. The van der Waals surface area contributed by atoms with Crippen molar-refractivity contribution in [2.24, 2.45) is 0 Å². The molecule has 106 valence electrons. The van der Waals surface area contributed by atoms with Crippen LogP contribution in [0.2, 0.25) is 0 Å². The Morgan fingerprint density at radius 3 is 2.84 bits per heavy atom. The normalized spacial score (nSPS) is 27.4. The summed E-state index contributed by atoms with van der Waals surface area (Å²) in [6.45, 7) is 0.690. The maximum Gasteiger partial charge on any atom is 0.315 e. The zero-order valence-electron chi connectivity index (χ0n) is 11.4. The van der Waals surface area contributed by atoms with Gasteiger partial charge in [0.15, 0.2) is 0 Å². The quantitative estimate of drug-likeness (QED) is 0.835. The molecule has 0 saturated heterocycles. The lowest BCUT2D eigenvalue weighted by Gasteiger charge is -2.30. The molecule has 2 saturated carbocycles. The predicted octanol–water partition coefficient (Wildman–Crippen LogP) is 2.41. The Morgan fingerprint density at radius 2 is 2.05 bits per heavy atom.